The van der Waals surface area contributed by atoms with Crippen molar-refractivity contribution in [3.05, 3.63) is 66.4 Å². The molecule has 0 bridgehead atoms. The summed E-state index contributed by atoms with van der Waals surface area (Å²) in [6, 6.07) is 11.7. The number of carbonyl (C=O) groups is 1. The number of nitrogens with two attached hydrogens (primary N) is 1. The van der Waals surface area contributed by atoms with Gasteiger partial charge in [-0.2, -0.15) is 0 Å². The summed E-state index contributed by atoms with van der Waals surface area (Å²) in [5.41, 5.74) is 9.19. The number of fused-ring (bicyclic) bond motifs is 1. The fourth-order valence-electron chi connectivity index (χ4n) is 4.16. The number of halogens is 1. The molecular weight excluding hydrogens is 557 g/mol. The Hall–Kier alpha value is -3.32. The number of aromatic nitrogens is 5. The first-order valence-electron chi connectivity index (χ1n) is 11.5. The van der Waals surface area contributed by atoms with Crippen molar-refractivity contribution in [2.75, 3.05) is 16.0 Å². The van der Waals surface area contributed by atoms with E-state index in [-0.39, 0.29) is 18.0 Å². The molecule has 1 aliphatic carbocycles. The minimum atomic E-state index is -0.305. The Balaban J connectivity index is 1.48. The maximum Gasteiger partial charge on any atom is 0.276 e. The molecule has 4 aromatic rings. The zero-order valence-corrected chi connectivity index (χ0v) is 21.1. The van der Waals surface area contributed by atoms with Crippen LogP contribution in [0.15, 0.2) is 55.0 Å². The number of imidazole rings is 1. The summed E-state index contributed by atoms with van der Waals surface area (Å²) in [5, 5.41) is 14.5. The molecule has 1 amide bonds. The van der Waals surface area contributed by atoms with E-state index in [1.54, 1.807) is 23.0 Å². The number of hydrogen-bond acceptors (Lipinski definition) is 8. The summed E-state index contributed by atoms with van der Waals surface area (Å²) < 4.78 is 2.32. The average Bonchev–Trinajstić information content (AvgIpc) is 3.31. The number of amides is 1. The number of carbonyl (C=O) groups excluding carboxylic acids is 1. The number of nitrogens with one attached hydrogen (secondary N) is 3. The van der Waals surface area contributed by atoms with Crippen LogP contribution in [-0.2, 0) is 4.43 Å². The molecule has 180 valence electrons. The molecule has 0 saturated heterocycles. The highest BCUT2D eigenvalue weighted by atomic mass is 127. The SMILES string of the molecule is N[C@H]1CC[C@H](Nc2cc(Nc3ccccn3)c3ncc(C(=O)Nc4ccnc(CI)c4)n3n2)CC1. The van der Waals surface area contributed by atoms with Gasteiger partial charge in [-0.05, 0) is 49.9 Å². The molecule has 1 aliphatic rings. The predicted molar refractivity (Wildman–Crippen MR) is 144 cm³/mol. The van der Waals surface area contributed by atoms with Crippen molar-refractivity contribution in [3.63, 3.8) is 0 Å². The molecule has 35 heavy (non-hydrogen) atoms. The van der Waals surface area contributed by atoms with Crippen LogP contribution in [0.2, 0.25) is 0 Å². The topological polar surface area (TPSA) is 135 Å². The second-order valence-corrected chi connectivity index (χ2v) is 9.30. The third-order valence-electron chi connectivity index (χ3n) is 5.96. The van der Waals surface area contributed by atoms with Crippen LogP contribution >= 0.6 is 22.6 Å². The monoisotopic (exact) mass is 583 g/mol. The summed E-state index contributed by atoms with van der Waals surface area (Å²) >= 11 is 2.24. The first-order chi connectivity index (χ1) is 17.1. The number of rotatable bonds is 7. The second-order valence-electron chi connectivity index (χ2n) is 8.54. The Kier molecular flexibility index (Phi) is 7.04. The molecule has 11 heteroatoms. The van der Waals surface area contributed by atoms with Gasteiger partial charge < -0.3 is 21.7 Å². The highest BCUT2D eigenvalue weighted by Gasteiger charge is 2.21. The Labute approximate surface area is 216 Å². The third kappa shape index (κ3) is 5.51. The van der Waals surface area contributed by atoms with Gasteiger partial charge in [0.2, 0.25) is 0 Å². The minimum absolute atomic E-state index is 0.259. The van der Waals surface area contributed by atoms with Gasteiger partial charge in [0.15, 0.2) is 11.3 Å². The number of hydrogen-bond donors (Lipinski definition) is 4. The smallest absolute Gasteiger partial charge is 0.276 e. The first kappa shape index (κ1) is 23.4. The van der Waals surface area contributed by atoms with Crippen LogP contribution in [0.4, 0.5) is 23.0 Å². The van der Waals surface area contributed by atoms with Gasteiger partial charge in [-0.1, -0.05) is 28.7 Å². The van der Waals surface area contributed by atoms with Gasteiger partial charge in [-0.3, -0.25) is 9.78 Å². The maximum atomic E-state index is 13.2. The maximum absolute atomic E-state index is 13.2. The molecule has 0 spiro atoms. The molecule has 1 saturated carbocycles. The highest BCUT2D eigenvalue weighted by molar-refractivity contribution is 14.1. The summed E-state index contributed by atoms with van der Waals surface area (Å²) in [5.74, 6) is 1.02. The van der Waals surface area contributed by atoms with Gasteiger partial charge in [-0.25, -0.2) is 14.5 Å². The number of nitrogens with zero attached hydrogens (tertiary/aromatic N) is 5. The summed E-state index contributed by atoms with van der Waals surface area (Å²) in [6.07, 6.45) is 8.83. The van der Waals surface area contributed by atoms with Crippen LogP contribution in [0, 0.1) is 0 Å². The molecule has 0 atom stereocenters. The molecule has 0 aliphatic heterocycles. The fourth-order valence-corrected chi connectivity index (χ4v) is 4.57. The van der Waals surface area contributed by atoms with Crippen LogP contribution in [0.25, 0.3) is 5.65 Å². The molecule has 1 fully saturated rings. The van der Waals surface area contributed by atoms with Crippen LogP contribution in [0.1, 0.15) is 41.9 Å². The lowest BCUT2D eigenvalue weighted by Gasteiger charge is -2.27. The van der Waals surface area contributed by atoms with Gasteiger partial charge >= 0.3 is 0 Å². The largest absolute Gasteiger partial charge is 0.366 e. The minimum Gasteiger partial charge on any atom is -0.366 e. The van der Waals surface area contributed by atoms with E-state index in [0.717, 1.165) is 35.8 Å². The van der Waals surface area contributed by atoms with E-state index in [1.807, 2.05) is 30.3 Å². The van der Waals surface area contributed by atoms with Gasteiger partial charge in [-0.15, -0.1) is 5.10 Å². The summed E-state index contributed by atoms with van der Waals surface area (Å²) in [7, 11) is 0. The van der Waals surface area contributed by atoms with Crippen LogP contribution in [0.3, 0.4) is 0 Å². The van der Waals surface area contributed by atoms with Crippen LogP contribution < -0.4 is 21.7 Å². The number of alkyl halides is 1. The van der Waals surface area contributed by atoms with Crippen molar-refractivity contribution in [1.29, 1.82) is 0 Å². The first-order valence-corrected chi connectivity index (χ1v) is 13.0. The zero-order valence-electron chi connectivity index (χ0n) is 19.0. The van der Waals surface area contributed by atoms with E-state index in [9.17, 15) is 4.79 Å². The summed E-state index contributed by atoms with van der Waals surface area (Å²) in [6.45, 7) is 0. The van der Waals surface area contributed by atoms with Gasteiger partial charge in [0, 0.05) is 40.7 Å². The lowest BCUT2D eigenvalue weighted by molar-refractivity contribution is 0.102. The van der Waals surface area contributed by atoms with Crippen molar-refractivity contribution in [2.45, 2.75) is 42.2 Å². The molecule has 0 unspecified atom stereocenters. The van der Waals surface area contributed by atoms with Gasteiger partial charge in [0.25, 0.3) is 5.91 Å². The Morgan fingerprint density at radius 1 is 1.06 bits per heavy atom. The van der Waals surface area contributed by atoms with Crippen LogP contribution in [-0.4, -0.2) is 42.6 Å². The third-order valence-corrected chi connectivity index (χ3v) is 6.74. The molecular formula is C24H26IN9O. The standard InChI is InChI=1S/C24H26IN9O/c25-13-18-11-17(8-10-27-18)31-24(35)20-14-29-23-19(32-21-3-1-2-9-28-21)12-22(33-34(20)23)30-16-6-4-15(26)5-7-16/h1-3,8-12,14-16H,4-7,13,26H2,(H,28,32)(H,30,33)(H,27,31,35)/t15-,16-. The van der Waals surface area contributed by atoms with Crippen molar-refractivity contribution in [3.8, 4) is 0 Å². The molecule has 5 N–H and O–H groups in total. The van der Waals surface area contributed by atoms with Crippen molar-refractivity contribution < 1.29 is 4.79 Å². The lowest BCUT2D eigenvalue weighted by atomic mass is 9.92. The van der Waals surface area contributed by atoms with Gasteiger partial charge in [0.1, 0.15) is 11.6 Å². The van der Waals surface area contributed by atoms with Gasteiger partial charge in [0.05, 0.1) is 17.6 Å². The van der Waals surface area contributed by atoms with E-state index in [1.165, 1.54) is 6.20 Å². The van der Waals surface area contributed by atoms with E-state index in [0.29, 0.717) is 34.4 Å². The molecule has 5 rings (SSSR count). The van der Waals surface area contributed by atoms with E-state index in [2.05, 4.69) is 53.5 Å². The van der Waals surface area contributed by atoms with E-state index >= 15 is 0 Å². The summed E-state index contributed by atoms with van der Waals surface area (Å²) in [4.78, 5) is 26.3. The Morgan fingerprint density at radius 2 is 1.91 bits per heavy atom. The van der Waals surface area contributed by atoms with Crippen molar-refractivity contribution in [2.24, 2.45) is 5.73 Å². The molecule has 4 aromatic heterocycles. The van der Waals surface area contributed by atoms with Crippen LogP contribution in [0.5, 0.6) is 0 Å². The van der Waals surface area contributed by atoms with E-state index < -0.39 is 0 Å². The second kappa shape index (κ2) is 10.5. The molecule has 0 aromatic carbocycles. The number of anilines is 4. The van der Waals surface area contributed by atoms with E-state index in [4.69, 9.17) is 10.8 Å². The van der Waals surface area contributed by atoms with Crippen molar-refractivity contribution in [1.82, 2.24) is 24.6 Å². The average molecular weight is 583 g/mol. The molecule has 4 heterocycles. The number of pyridine rings is 2. The fraction of sp³-hybridized carbons (Fsp3) is 0.292. The molecule has 10 nitrogen and oxygen atoms in total. The Morgan fingerprint density at radius 3 is 2.69 bits per heavy atom. The predicted octanol–water partition coefficient (Wildman–Crippen LogP) is 4.13. The Bertz CT molecular complexity index is 1320. The van der Waals surface area contributed by atoms with Crippen molar-refractivity contribution >= 4 is 57.2 Å². The highest BCUT2D eigenvalue weighted by Crippen LogP contribution is 2.26. The molecule has 0 radical (unpaired) electrons. The zero-order chi connectivity index (χ0) is 24.2. The normalized spacial score (nSPS) is 17.8. The lowest BCUT2D eigenvalue weighted by Crippen LogP contribution is -2.33. The quantitative estimate of drug-likeness (QED) is 0.189.